The summed E-state index contributed by atoms with van der Waals surface area (Å²) in [5.41, 5.74) is 0.335. The van der Waals surface area contributed by atoms with Crippen LogP contribution in [0.25, 0.3) is 0 Å². The fraction of sp³-hybridized carbons (Fsp3) is 0.500. The van der Waals surface area contributed by atoms with Crippen molar-refractivity contribution in [3.05, 3.63) is 16.1 Å². The molecule has 0 spiro atoms. The maximum atomic E-state index is 11.3. The first-order chi connectivity index (χ1) is 6.07. The highest BCUT2D eigenvalue weighted by Gasteiger charge is 2.17. The summed E-state index contributed by atoms with van der Waals surface area (Å²) in [4.78, 5) is 15.4. The van der Waals surface area contributed by atoms with Crippen molar-refractivity contribution in [3.8, 4) is 0 Å². The zero-order valence-electron chi connectivity index (χ0n) is 7.80. The minimum Gasteiger partial charge on any atom is -0.461 e. The zero-order chi connectivity index (χ0) is 10.0. The summed E-state index contributed by atoms with van der Waals surface area (Å²) < 4.78 is 7.27. The van der Waals surface area contributed by atoms with Gasteiger partial charge in [-0.2, -0.15) is 0 Å². The van der Waals surface area contributed by atoms with Crippen LogP contribution in [0.15, 0.2) is 4.60 Å². The number of aryl methyl sites for hydroxylation is 1. The van der Waals surface area contributed by atoms with E-state index in [1.54, 1.807) is 11.5 Å². The van der Waals surface area contributed by atoms with Gasteiger partial charge in [-0.1, -0.05) is 0 Å². The van der Waals surface area contributed by atoms with Gasteiger partial charge in [-0.25, -0.2) is 9.78 Å². The van der Waals surface area contributed by atoms with Crippen molar-refractivity contribution in [1.82, 2.24) is 9.55 Å². The van der Waals surface area contributed by atoms with Gasteiger partial charge in [-0.3, -0.25) is 0 Å². The van der Waals surface area contributed by atoms with Crippen LogP contribution in [0.4, 0.5) is 0 Å². The molecule has 5 heteroatoms. The van der Waals surface area contributed by atoms with Crippen LogP contribution in [0.3, 0.4) is 0 Å². The molecule has 0 bridgehead atoms. The molecule has 0 N–H and O–H groups in total. The Balaban J connectivity index is 3.01. The van der Waals surface area contributed by atoms with Crippen molar-refractivity contribution in [3.63, 3.8) is 0 Å². The minimum absolute atomic E-state index is 0.335. The van der Waals surface area contributed by atoms with Crippen LogP contribution in [0, 0.1) is 6.92 Å². The summed E-state index contributed by atoms with van der Waals surface area (Å²) >= 11 is 3.27. The van der Waals surface area contributed by atoms with Gasteiger partial charge in [-0.05, 0) is 29.8 Å². The van der Waals surface area contributed by atoms with Crippen molar-refractivity contribution < 1.29 is 9.53 Å². The van der Waals surface area contributed by atoms with Gasteiger partial charge < -0.3 is 9.30 Å². The molecule has 1 aromatic rings. The Hall–Kier alpha value is -0.840. The average Bonchev–Trinajstić information content (AvgIpc) is 2.33. The van der Waals surface area contributed by atoms with Crippen LogP contribution in [-0.4, -0.2) is 22.1 Å². The molecule has 0 aliphatic carbocycles. The van der Waals surface area contributed by atoms with Crippen molar-refractivity contribution in [2.75, 3.05) is 6.61 Å². The van der Waals surface area contributed by atoms with Gasteiger partial charge in [0.05, 0.1) is 6.61 Å². The fourth-order valence-electron chi connectivity index (χ4n) is 0.913. The first-order valence-corrected chi connectivity index (χ1v) is 4.73. The number of carbonyl (C=O) groups excluding carboxylic acids is 1. The van der Waals surface area contributed by atoms with Crippen LogP contribution >= 0.6 is 15.9 Å². The van der Waals surface area contributed by atoms with Gasteiger partial charge in [0.25, 0.3) is 0 Å². The van der Waals surface area contributed by atoms with Crippen LogP contribution in [-0.2, 0) is 11.8 Å². The van der Waals surface area contributed by atoms with Crippen LogP contribution in [0.1, 0.15) is 23.2 Å². The molecular formula is C8H11BrN2O2. The topological polar surface area (TPSA) is 44.1 Å². The summed E-state index contributed by atoms with van der Waals surface area (Å²) in [6, 6.07) is 0. The minimum atomic E-state index is -0.391. The van der Waals surface area contributed by atoms with Gasteiger partial charge >= 0.3 is 5.97 Å². The monoisotopic (exact) mass is 246 g/mol. The van der Waals surface area contributed by atoms with Gasteiger partial charge in [0, 0.05) is 7.05 Å². The number of rotatable bonds is 2. The maximum absolute atomic E-state index is 11.3. The van der Waals surface area contributed by atoms with Crippen molar-refractivity contribution in [2.45, 2.75) is 13.8 Å². The molecule has 72 valence electrons. The lowest BCUT2D eigenvalue weighted by Crippen LogP contribution is -2.06. The molecule has 1 rings (SSSR count). The summed E-state index contributed by atoms with van der Waals surface area (Å²) in [7, 11) is 1.83. The van der Waals surface area contributed by atoms with Crippen molar-refractivity contribution >= 4 is 21.9 Å². The molecule has 0 amide bonds. The van der Waals surface area contributed by atoms with E-state index in [1.807, 2.05) is 14.0 Å². The quantitative estimate of drug-likeness (QED) is 0.746. The zero-order valence-corrected chi connectivity index (χ0v) is 9.38. The predicted molar refractivity (Wildman–Crippen MR) is 51.6 cm³/mol. The third kappa shape index (κ3) is 1.91. The Bertz CT molecular complexity index is 333. The Morgan fingerprint density at radius 1 is 1.69 bits per heavy atom. The SMILES string of the molecule is CCOC(=O)c1nc(C)n(C)c1Br. The molecule has 13 heavy (non-hydrogen) atoms. The van der Waals surface area contributed by atoms with Crippen LogP contribution in [0.2, 0.25) is 0 Å². The number of nitrogens with zero attached hydrogens (tertiary/aromatic N) is 2. The van der Waals surface area contributed by atoms with E-state index in [0.717, 1.165) is 5.82 Å². The number of carbonyl (C=O) groups is 1. The Morgan fingerprint density at radius 3 is 2.69 bits per heavy atom. The number of aromatic nitrogens is 2. The van der Waals surface area contributed by atoms with E-state index >= 15 is 0 Å². The molecule has 1 heterocycles. The second-order valence-corrected chi connectivity index (χ2v) is 3.33. The lowest BCUT2D eigenvalue weighted by Gasteiger charge is -1.98. The van der Waals surface area contributed by atoms with Gasteiger partial charge in [0.15, 0.2) is 5.69 Å². The van der Waals surface area contributed by atoms with Gasteiger partial charge in [-0.15, -0.1) is 0 Å². The number of hydrogen-bond acceptors (Lipinski definition) is 3. The lowest BCUT2D eigenvalue weighted by molar-refractivity contribution is 0.0518. The smallest absolute Gasteiger partial charge is 0.359 e. The highest BCUT2D eigenvalue weighted by Crippen LogP contribution is 2.17. The van der Waals surface area contributed by atoms with Gasteiger partial charge in [0.2, 0.25) is 0 Å². The highest BCUT2D eigenvalue weighted by atomic mass is 79.9. The standard InChI is InChI=1S/C8H11BrN2O2/c1-4-13-8(12)6-7(9)11(3)5(2)10-6/h4H2,1-3H3. The molecule has 4 nitrogen and oxygen atoms in total. The second kappa shape index (κ2) is 3.91. The molecule has 0 saturated carbocycles. The molecule has 0 aliphatic heterocycles. The number of imidazole rings is 1. The van der Waals surface area contributed by atoms with E-state index in [0.29, 0.717) is 16.9 Å². The van der Waals surface area contributed by atoms with Gasteiger partial charge in [0.1, 0.15) is 10.4 Å². The third-order valence-corrected chi connectivity index (χ3v) is 2.63. The second-order valence-electron chi connectivity index (χ2n) is 2.58. The third-order valence-electron chi connectivity index (χ3n) is 1.72. The van der Waals surface area contributed by atoms with E-state index < -0.39 is 5.97 Å². The Labute approximate surface area is 85.0 Å². The maximum Gasteiger partial charge on any atom is 0.359 e. The number of esters is 1. The van der Waals surface area contributed by atoms with E-state index in [9.17, 15) is 4.79 Å². The fourth-order valence-corrected chi connectivity index (χ4v) is 1.42. The summed E-state index contributed by atoms with van der Waals surface area (Å²) in [5.74, 6) is 0.382. The molecule has 0 radical (unpaired) electrons. The molecule has 0 saturated heterocycles. The molecule has 0 fully saturated rings. The molecule has 0 atom stereocenters. The van der Waals surface area contributed by atoms with Crippen LogP contribution < -0.4 is 0 Å². The normalized spacial score (nSPS) is 10.2. The molecular weight excluding hydrogens is 236 g/mol. The molecule has 0 aliphatic rings. The van der Waals surface area contributed by atoms with Crippen molar-refractivity contribution in [1.29, 1.82) is 0 Å². The van der Waals surface area contributed by atoms with E-state index in [1.165, 1.54) is 0 Å². The van der Waals surface area contributed by atoms with Crippen LogP contribution in [0.5, 0.6) is 0 Å². The summed E-state index contributed by atoms with van der Waals surface area (Å²) in [6.07, 6.45) is 0. The Morgan fingerprint density at radius 2 is 2.31 bits per heavy atom. The lowest BCUT2D eigenvalue weighted by atomic mass is 10.5. The van der Waals surface area contributed by atoms with E-state index in [-0.39, 0.29) is 0 Å². The van der Waals surface area contributed by atoms with Crippen molar-refractivity contribution in [2.24, 2.45) is 7.05 Å². The number of halogens is 1. The first kappa shape index (κ1) is 10.2. The molecule has 1 aromatic heterocycles. The highest BCUT2D eigenvalue weighted by molar-refractivity contribution is 9.10. The summed E-state index contributed by atoms with van der Waals surface area (Å²) in [5, 5.41) is 0. The number of hydrogen-bond donors (Lipinski definition) is 0. The summed E-state index contributed by atoms with van der Waals surface area (Å²) in [6.45, 7) is 3.95. The predicted octanol–water partition coefficient (Wildman–Crippen LogP) is 1.67. The largest absolute Gasteiger partial charge is 0.461 e. The molecule has 0 aromatic carbocycles. The first-order valence-electron chi connectivity index (χ1n) is 3.93. The Kier molecular flexibility index (Phi) is 3.08. The molecule has 0 unspecified atom stereocenters. The number of ether oxygens (including phenoxy) is 1. The van der Waals surface area contributed by atoms with E-state index in [2.05, 4.69) is 20.9 Å². The average molecular weight is 247 g/mol. The van der Waals surface area contributed by atoms with E-state index in [4.69, 9.17) is 4.74 Å².